The molecule has 258 valence electrons. The Morgan fingerprint density at radius 3 is 2.06 bits per heavy atom. The van der Waals surface area contributed by atoms with E-state index in [9.17, 15) is 9.59 Å². The zero-order chi connectivity index (χ0) is 34.0. The Bertz CT molecular complexity index is 1940. The number of benzene rings is 4. The van der Waals surface area contributed by atoms with Gasteiger partial charge in [0, 0.05) is 93.2 Å². The molecule has 10 heteroatoms. The van der Waals surface area contributed by atoms with E-state index in [4.69, 9.17) is 9.72 Å². The van der Waals surface area contributed by atoms with Crippen molar-refractivity contribution >= 4 is 39.3 Å². The summed E-state index contributed by atoms with van der Waals surface area (Å²) in [5.41, 5.74) is 5.60. The Kier molecular flexibility index (Phi) is 9.23. The van der Waals surface area contributed by atoms with Crippen molar-refractivity contribution in [2.45, 2.75) is 12.8 Å². The van der Waals surface area contributed by atoms with E-state index >= 15 is 0 Å². The number of ether oxygens (including phenoxy) is 1. The van der Waals surface area contributed by atoms with Crippen molar-refractivity contribution < 1.29 is 14.3 Å². The average Bonchev–Trinajstić information content (AvgIpc) is 3.58. The summed E-state index contributed by atoms with van der Waals surface area (Å²) in [7, 11) is 2.18. The Balaban J connectivity index is 0.748. The minimum Gasteiger partial charge on any atom is -0.494 e. The first-order chi connectivity index (χ1) is 24.5. The Labute approximate surface area is 293 Å². The molecule has 0 radical (unpaired) electrons. The highest BCUT2D eigenvalue weighted by Gasteiger charge is 2.32. The van der Waals surface area contributed by atoms with Crippen LogP contribution < -0.4 is 9.64 Å². The van der Waals surface area contributed by atoms with Crippen LogP contribution in [0.5, 0.6) is 5.75 Å². The van der Waals surface area contributed by atoms with Crippen LogP contribution in [0.25, 0.3) is 33.2 Å². The first-order valence-electron chi connectivity index (χ1n) is 18.0. The van der Waals surface area contributed by atoms with Crippen molar-refractivity contribution in [3.63, 3.8) is 0 Å². The zero-order valence-corrected chi connectivity index (χ0v) is 28.8. The molecule has 0 unspecified atom stereocenters. The Hall–Kier alpha value is -4.77. The number of hydrogen-bond acceptors (Lipinski definition) is 8. The van der Waals surface area contributed by atoms with Gasteiger partial charge < -0.3 is 29.3 Å². The van der Waals surface area contributed by atoms with Crippen molar-refractivity contribution in [2.75, 3.05) is 90.5 Å². The predicted molar refractivity (Wildman–Crippen MR) is 198 cm³/mol. The number of anilines is 1. The third-order valence-corrected chi connectivity index (χ3v) is 10.5. The van der Waals surface area contributed by atoms with Crippen LogP contribution in [0.15, 0.2) is 78.9 Å². The highest BCUT2D eigenvalue weighted by atomic mass is 16.5. The number of nitrogens with one attached hydrogen (secondary N) is 1. The fourth-order valence-electron chi connectivity index (χ4n) is 7.56. The maximum absolute atomic E-state index is 13.2. The number of fused-ring (bicyclic) bond motifs is 1. The zero-order valence-electron chi connectivity index (χ0n) is 28.8. The molecule has 10 nitrogen and oxygen atoms in total. The van der Waals surface area contributed by atoms with Gasteiger partial charge in [-0.15, -0.1) is 0 Å². The highest BCUT2D eigenvalue weighted by Crippen LogP contribution is 2.30. The predicted octanol–water partition coefficient (Wildman–Crippen LogP) is 5.21. The van der Waals surface area contributed by atoms with E-state index in [1.807, 2.05) is 48.5 Å². The van der Waals surface area contributed by atoms with Crippen LogP contribution in [0.1, 0.15) is 33.6 Å². The number of imide groups is 1. The molecule has 4 heterocycles. The van der Waals surface area contributed by atoms with E-state index in [-0.39, 0.29) is 11.8 Å². The maximum atomic E-state index is 13.2. The van der Waals surface area contributed by atoms with Crippen LogP contribution in [0, 0.1) is 0 Å². The number of imidazole rings is 1. The lowest BCUT2D eigenvalue weighted by molar-refractivity contribution is 0.0597. The monoisotopic (exact) mass is 671 g/mol. The summed E-state index contributed by atoms with van der Waals surface area (Å²) in [6.45, 7) is 11.3. The van der Waals surface area contributed by atoms with Crippen molar-refractivity contribution in [1.29, 1.82) is 0 Å². The topological polar surface area (TPSA) is 88.2 Å². The molecule has 1 N–H and O–H groups in total. The molecule has 3 aliphatic heterocycles. The molecule has 8 rings (SSSR count). The lowest BCUT2D eigenvalue weighted by atomic mass is 9.94. The summed E-state index contributed by atoms with van der Waals surface area (Å²) >= 11 is 0. The van der Waals surface area contributed by atoms with Gasteiger partial charge in [-0.25, -0.2) is 4.98 Å². The fourth-order valence-corrected chi connectivity index (χ4v) is 7.56. The first kappa shape index (κ1) is 32.4. The molecule has 5 aromatic rings. The molecule has 2 fully saturated rings. The fraction of sp³-hybridized carbons (Fsp3) is 0.375. The largest absolute Gasteiger partial charge is 0.494 e. The maximum Gasteiger partial charge on any atom is 0.261 e. The average molecular weight is 672 g/mol. The van der Waals surface area contributed by atoms with Crippen LogP contribution in [0.3, 0.4) is 0 Å². The number of carbonyl (C=O) groups excluding carboxylic acids is 2. The molecule has 0 saturated carbocycles. The van der Waals surface area contributed by atoms with Gasteiger partial charge in [-0.3, -0.25) is 14.5 Å². The van der Waals surface area contributed by atoms with Crippen molar-refractivity contribution in [2.24, 2.45) is 0 Å². The molecular formula is C40H45N7O3. The number of carbonyl (C=O) groups is 2. The number of rotatable bonds is 11. The number of H-pyrrole nitrogens is 1. The Morgan fingerprint density at radius 1 is 0.720 bits per heavy atom. The van der Waals surface area contributed by atoms with Crippen LogP contribution in [-0.4, -0.2) is 127 Å². The van der Waals surface area contributed by atoms with Crippen LogP contribution >= 0.6 is 0 Å². The van der Waals surface area contributed by atoms with Crippen LogP contribution in [0.2, 0.25) is 0 Å². The van der Waals surface area contributed by atoms with Crippen molar-refractivity contribution in [1.82, 2.24) is 29.6 Å². The number of aromatic nitrogens is 2. The third-order valence-electron chi connectivity index (χ3n) is 10.5. The lowest BCUT2D eigenvalue weighted by Gasteiger charge is -2.35. The van der Waals surface area contributed by atoms with Crippen LogP contribution in [0.4, 0.5) is 5.69 Å². The molecule has 50 heavy (non-hydrogen) atoms. The van der Waals surface area contributed by atoms with E-state index < -0.39 is 0 Å². The second-order valence-electron chi connectivity index (χ2n) is 13.8. The van der Waals surface area contributed by atoms with Crippen molar-refractivity contribution in [3.05, 3.63) is 90.0 Å². The normalized spacial score (nSPS) is 17.7. The number of nitrogens with zero attached hydrogens (tertiary/aromatic N) is 6. The summed E-state index contributed by atoms with van der Waals surface area (Å²) < 4.78 is 6.09. The minimum atomic E-state index is -0.177. The molecule has 4 aromatic carbocycles. The molecule has 2 amide bonds. The SMILES string of the molecule is CN1CCN(c2ccc3nc(-c4ccc(OCCCN5CCN(CCCN6C(=O)c7cccc8cccc(c78)C6=O)CC5)cc4)[nH]c3c2)CC1. The smallest absolute Gasteiger partial charge is 0.261 e. The molecule has 0 aliphatic carbocycles. The molecule has 3 aliphatic rings. The molecular weight excluding hydrogens is 626 g/mol. The number of amides is 2. The van der Waals surface area contributed by atoms with Gasteiger partial charge in [-0.2, -0.15) is 0 Å². The summed E-state index contributed by atoms with van der Waals surface area (Å²) in [4.78, 5) is 45.9. The lowest BCUT2D eigenvalue weighted by Crippen LogP contribution is -2.47. The number of piperazine rings is 2. The van der Waals surface area contributed by atoms with Gasteiger partial charge >= 0.3 is 0 Å². The summed E-state index contributed by atoms with van der Waals surface area (Å²) in [6.07, 6.45) is 1.74. The van der Waals surface area contributed by atoms with Gasteiger partial charge in [0.05, 0.1) is 17.6 Å². The van der Waals surface area contributed by atoms with Gasteiger partial charge in [0.1, 0.15) is 11.6 Å². The van der Waals surface area contributed by atoms with E-state index in [0.29, 0.717) is 24.3 Å². The van der Waals surface area contributed by atoms with Gasteiger partial charge in [0.15, 0.2) is 0 Å². The second kappa shape index (κ2) is 14.2. The number of hydrogen-bond donors (Lipinski definition) is 1. The molecule has 0 bridgehead atoms. The van der Waals surface area contributed by atoms with E-state index in [1.165, 1.54) is 10.6 Å². The summed E-state index contributed by atoms with van der Waals surface area (Å²) in [5.74, 6) is 1.39. The standard InChI is InChI=1S/C40H45N7O3/c1-43-19-25-46(26-20-43)31-12-15-35-36(28-31)42-38(41-35)30-10-13-32(14-11-30)50-27-5-17-45-23-21-44(22-24-45)16-4-18-47-39(48)33-8-2-6-29-7-3-9-34(37(29)33)40(47)49/h2-3,6-15,28H,4-5,16-27H2,1H3,(H,41,42). The van der Waals surface area contributed by atoms with Gasteiger partial charge in [-0.05, 0) is 86.4 Å². The molecule has 0 spiro atoms. The van der Waals surface area contributed by atoms with Crippen molar-refractivity contribution in [3.8, 4) is 17.1 Å². The first-order valence-corrected chi connectivity index (χ1v) is 18.0. The minimum absolute atomic E-state index is 0.177. The second-order valence-corrected chi connectivity index (χ2v) is 13.8. The summed E-state index contributed by atoms with van der Waals surface area (Å²) in [5, 5.41) is 1.73. The molecule has 2 saturated heterocycles. The van der Waals surface area contributed by atoms with E-state index in [1.54, 1.807) is 0 Å². The number of aromatic amines is 1. The van der Waals surface area contributed by atoms with Crippen LogP contribution in [-0.2, 0) is 0 Å². The quantitative estimate of drug-likeness (QED) is 0.151. The number of likely N-dealkylation sites (N-methyl/N-ethyl adjacent to an activating group) is 1. The van der Waals surface area contributed by atoms with Gasteiger partial charge in [0.2, 0.25) is 0 Å². The third kappa shape index (κ3) is 6.70. The highest BCUT2D eigenvalue weighted by molar-refractivity contribution is 6.25. The van der Waals surface area contributed by atoms with Gasteiger partial charge in [0.25, 0.3) is 11.8 Å². The molecule has 1 aromatic heterocycles. The van der Waals surface area contributed by atoms with Gasteiger partial charge in [-0.1, -0.05) is 24.3 Å². The Morgan fingerprint density at radius 2 is 1.38 bits per heavy atom. The van der Waals surface area contributed by atoms with E-state index in [2.05, 4.69) is 62.0 Å². The summed E-state index contributed by atoms with van der Waals surface area (Å²) in [6, 6.07) is 26.1. The molecule has 0 atom stereocenters. The van der Waals surface area contributed by atoms with E-state index in [0.717, 1.165) is 117 Å².